The average molecular weight is 328 g/mol. The van der Waals surface area contributed by atoms with Crippen LogP contribution >= 0.6 is 11.6 Å². The van der Waals surface area contributed by atoms with Crippen LogP contribution in [-0.2, 0) is 6.42 Å². The van der Waals surface area contributed by atoms with Gasteiger partial charge in [0, 0.05) is 36.0 Å². The Balaban J connectivity index is 1.35. The summed E-state index contributed by atoms with van der Waals surface area (Å²) in [4.78, 5) is 16.5. The quantitative estimate of drug-likeness (QED) is 0.914. The molecule has 2 aromatic carbocycles. The number of carbonyl (C=O) groups excluding carboxylic acids is 1. The van der Waals surface area contributed by atoms with E-state index in [1.54, 1.807) is 12.1 Å². The van der Waals surface area contributed by atoms with Gasteiger partial charge in [0.15, 0.2) is 0 Å². The van der Waals surface area contributed by atoms with Crippen molar-refractivity contribution in [2.24, 2.45) is 0 Å². The van der Waals surface area contributed by atoms with Crippen LogP contribution in [0.1, 0.15) is 5.56 Å². The summed E-state index contributed by atoms with van der Waals surface area (Å²) >= 11 is 5.85. The Morgan fingerprint density at radius 1 is 1.09 bits per heavy atom. The molecule has 2 heterocycles. The summed E-state index contributed by atoms with van der Waals surface area (Å²) in [5.41, 5.74) is 3.51. The Morgan fingerprint density at radius 3 is 2.61 bits per heavy atom. The first kappa shape index (κ1) is 14.4. The van der Waals surface area contributed by atoms with E-state index in [1.807, 2.05) is 17.0 Å². The molecule has 0 atom stereocenters. The van der Waals surface area contributed by atoms with Crippen LogP contribution in [0.5, 0.6) is 0 Å². The number of benzene rings is 2. The largest absolute Gasteiger partial charge is 0.364 e. The lowest BCUT2D eigenvalue weighted by Crippen LogP contribution is -2.61. The normalized spacial score (nSPS) is 16.9. The molecular formula is C18H18ClN3O. The minimum atomic E-state index is -0.0453. The molecule has 1 fully saturated rings. The standard InChI is InChI=1S/C18H18ClN3O/c19-14-5-7-15(8-6-14)20-18(23)21-11-16(12-21)22-10-9-13-3-1-2-4-17(13)22/h1-8,16H,9-12H2,(H,20,23). The fourth-order valence-corrected chi connectivity index (χ4v) is 3.42. The van der Waals surface area contributed by atoms with Gasteiger partial charge in [0.05, 0.1) is 6.04 Å². The van der Waals surface area contributed by atoms with E-state index < -0.39 is 0 Å². The number of halogens is 1. The van der Waals surface area contributed by atoms with E-state index in [4.69, 9.17) is 11.6 Å². The third-order valence-electron chi connectivity index (χ3n) is 4.61. The van der Waals surface area contributed by atoms with Gasteiger partial charge in [-0.15, -0.1) is 0 Å². The molecular weight excluding hydrogens is 310 g/mol. The number of para-hydroxylation sites is 1. The van der Waals surface area contributed by atoms with Gasteiger partial charge in [-0.2, -0.15) is 0 Å². The fraction of sp³-hybridized carbons (Fsp3) is 0.278. The number of likely N-dealkylation sites (tertiary alicyclic amines) is 1. The molecule has 0 aliphatic carbocycles. The molecule has 0 saturated carbocycles. The van der Waals surface area contributed by atoms with Crippen LogP contribution < -0.4 is 10.2 Å². The van der Waals surface area contributed by atoms with Gasteiger partial charge in [-0.1, -0.05) is 29.8 Å². The summed E-state index contributed by atoms with van der Waals surface area (Å²) in [5, 5.41) is 3.58. The number of nitrogens with one attached hydrogen (secondary N) is 1. The van der Waals surface area contributed by atoms with E-state index in [0.29, 0.717) is 11.1 Å². The zero-order valence-electron chi connectivity index (χ0n) is 12.7. The lowest BCUT2D eigenvalue weighted by Gasteiger charge is -2.45. The highest BCUT2D eigenvalue weighted by Crippen LogP contribution is 2.32. The molecule has 1 saturated heterocycles. The lowest BCUT2D eigenvalue weighted by molar-refractivity contribution is 0.162. The number of anilines is 2. The highest BCUT2D eigenvalue weighted by Gasteiger charge is 2.37. The van der Waals surface area contributed by atoms with Crippen molar-refractivity contribution in [1.82, 2.24) is 4.90 Å². The summed E-state index contributed by atoms with van der Waals surface area (Å²) in [6.07, 6.45) is 1.10. The predicted octanol–water partition coefficient (Wildman–Crippen LogP) is 3.62. The van der Waals surface area contributed by atoms with Gasteiger partial charge < -0.3 is 15.1 Å². The zero-order valence-corrected chi connectivity index (χ0v) is 13.5. The second kappa shape index (κ2) is 5.78. The van der Waals surface area contributed by atoms with Crippen molar-refractivity contribution in [3.63, 3.8) is 0 Å². The smallest absolute Gasteiger partial charge is 0.321 e. The number of carbonyl (C=O) groups is 1. The topological polar surface area (TPSA) is 35.6 Å². The van der Waals surface area contributed by atoms with Gasteiger partial charge in [0.1, 0.15) is 0 Å². The second-order valence-corrected chi connectivity index (χ2v) is 6.50. The van der Waals surface area contributed by atoms with Crippen molar-refractivity contribution in [1.29, 1.82) is 0 Å². The van der Waals surface area contributed by atoms with Crippen LogP contribution in [-0.4, -0.2) is 36.6 Å². The van der Waals surface area contributed by atoms with Crippen LogP contribution in [0.15, 0.2) is 48.5 Å². The number of fused-ring (bicyclic) bond motifs is 1. The molecule has 2 aliphatic heterocycles. The van der Waals surface area contributed by atoms with Crippen molar-refractivity contribution in [3.05, 3.63) is 59.1 Å². The predicted molar refractivity (Wildman–Crippen MR) is 93.3 cm³/mol. The highest BCUT2D eigenvalue weighted by molar-refractivity contribution is 6.30. The van der Waals surface area contributed by atoms with E-state index in [2.05, 4.69) is 34.5 Å². The molecule has 0 spiro atoms. The van der Waals surface area contributed by atoms with Crippen LogP contribution in [0.4, 0.5) is 16.2 Å². The third-order valence-corrected chi connectivity index (χ3v) is 4.86. The minimum absolute atomic E-state index is 0.0453. The van der Waals surface area contributed by atoms with Gasteiger partial charge >= 0.3 is 6.03 Å². The zero-order chi connectivity index (χ0) is 15.8. The molecule has 2 aliphatic rings. The van der Waals surface area contributed by atoms with Crippen molar-refractivity contribution >= 4 is 29.0 Å². The number of nitrogens with zero attached hydrogens (tertiary/aromatic N) is 2. The molecule has 118 valence electrons. The summed E-state index contributed by atoms with van der Waals surface area (Å²) in [5.74, 6) is 0. The van der Waals surface area contributed by atoms with Crippen LogP contribution in [0, 0.1) is 0 Å². The van der Waals surface area contributed by atoms with E-state index >= 15 is 0 Å². The molecule has 2 amide bonds. The molecule has 4 nitrogen and oxygen atoms in total. The molecule has 5 heteroatoms. The Kier molecular flexibility index (Phi) is 3.62. The SMILES string of the molecule is O=C(Nc1ccc(Cl)cc1)N1CC(N2CCc3ccccc32)C1. The van der Waals surface area contributed by atoms with Crippen LogP contribution in [0.2, 0.25) is 5.02 Å². The molecule has 0 unspecified atom stereocenters. The summed E-state index contributed by atoms with van der Waals surface area (Å²) < 4.78 is 0. The van der Waals surface area contributed by atoms with Gasteiger partial charge in [0.25, 0.3) is 0 Å². The molecule has 0 bridgehead atoms. The highest BCUT2D eigenvalue weighted by atomic mass is 35.5. The molecule has 4 rings (SSSR count). The molecule has 1 N–H and O–H groups in total. The first-order valence-corrected chi connectivity index (χ1v) is 8.24. The number of hydrogen-bond donors (Lipinski definition) is 1. The van der Waals surface area contributed by atoms with E-state index in [1.165, 1.54) is 11.3 Å². The van der Waals surface area contributed by atoms with Gasteiger partial charge in [-0.25, -0.2) is 4.79 Å². The lowest BCUT2D eigenvalue weighted by atomic mass is 10.1. The number of amides is 2. The summed E-state index contributed by atoms with van der Waals surface area (Å²) in [6, 6.07) is 16.1. The van der Waals surface area contributed by atoms with Gasteiger partial charge in [-0.3, -0.25) is 0 Å². The molecule has 0 aromatic heterocycles. The van der Waals surface area contributed by atoms with Crippen LogP contribution in [0.3, 0.4) is 0 Å². The number of urea groups is 1. The Bertz CT molecular complexity index is 725. The molecule has 0 radical (unpaired) electrons. The van der Waals surface area contributed by atoms with Crippen molar-refractivity contribution in [2.75, 3.05) is 29.9 Å². The summed E-state index contributed by atoms with van der Waals surface area (Å²) in [6.45, 7) is 2.60. The van der Waals surface area contributed by atoms with E-state index in [0.717, 1.165) is 31.7 Å². The minimum Gasteiger partial charge on any atom is -0.364 e. The van der Waals surface area contributed by atoms with E-state index in [9.17, 15) is 4.79 Å². The second-order valence-electron chi connectivity index (χ2n) is 6.07. The van der Waals surface area contributed by atoms with Crippen LogP contribution in [0.25, 0.3) is 0 Å². The Hall–Kier alpha value is -2.20. The maximum atomic E-state index is 12.2. The number of rotatable bonds is 2. The Labute approximate surface area is 140 Å². The Morgan fingerprint density at radius 2 is 1.83 bits per heavy atom. The monoisotopic (exact) mass is 327 g/mol. The van der Waals surface area contributed by atoms with Gasteiger partial charge in [-0.05, 0) is 42.3 Å². The summed E-state index contributed by atoms with van der Waals surface area (Å²) in [7, 11) is 0. The number of hydrogen-bond acceptors (Lipinski definition) is 2. The van der Waals surface area contributed by atoms with E-state index in [-0.39, 0.29) is 6.03 Å². The van der Waals surface area contributed by atoms with Crippen molar-refractivity contribution < 1.29 is 4.79 Å². The maximum absolute atomic E-state index is 12.2. The maximum Gasteiger partial charge on any atom is 0.321 e. The molecule has 2 aromatic rings. The third kappa shape index (κ3) is 2.75. The fourth-order valence-electron chi connectivity index (χ4n) is 3.30. The average Bonchev–Trinajstić information content (AvgIpc) is 2.92. The van der Waals surface area contributed by atoms with Crippen molar-refractivity contribution in [2.45, 2.75) is 12.5 Å². The molecule has 23 heavy (non-hydrogen) atoms. The first-order chi connectivity index (χ1) is 11.2. The first-order valence-electron chi connectivity index (χ1n) is 7.87. The van der Waals surface area contributed by atoms with Crippen molar-refractivity contribution in [3.8, 4) is 0 Å². The van der Waals surface area contributed by atoms with Gasteiger partial charge in [0.2, 0.25) is 0 Å².